The van der Waals surface area contributed by atoms with Crippen molar-refractivity contribution >= 4 is 75.2 Å². The van der Waals surface area contributed by atoms with E-state index in [4.69, 9.17) is 21.4 Å². The maximum atomic E-state index is 13.5. The molecule has 0 spiro atoms. The van der Waals surface area contributed by atoms with Gasteiger partial charge in [0, 0.05) is 12.0 Å². The minimum absolute atomic E-state index is 0.131. The summed E-state index contributed by atoms with van der Waals surface area (Å²) in [7, 11) is -8.37. The van der Waals surface area contributed by atoms with Crippen LogP contribution in [0.25, 0.3) is 0 Å². The van der Waals surface area contributed by atoms with Crippen molar-refractivity contribution in [2.24, 2.45) is 0 Å². The van der Waals surface area contributed by atoms with Crippen LogP contribution < -0.4 is 8.45 Å². The summed E-state index contributed by atoms with van der Waals surface area (Å²) in [6.07, 6.45) is -0.909. The Hall–Kier alpha value is -1.41. The van der Waals surface area contributed by atoms with Crippen molar-refractivity contribution in [3.8, 4) is 5.75 Å². The fourth-order valence-corrected chi connectivity index (χ4v) is 7.60. The van der Waals surface area contributed by atoms with Gasteiger partial charge in [0.15, 0.2) is 0 Å². The number of hydrogen-bond acceptors (Lipinski definition) is 6. The molecular weight excluding hydrogens is 621 g/mol. The third-order valence-electron chi connectivity index (χ3n) is 3.97. The maximum absolute atomic E-state index is 13.5. The molecule has 32 heavy (non-hydrogen) atoms. The van der Waals surface area contributed by atoms with E-state index < -0.39 is 32.2 Å². The number of rotatable bonds is 9. The quantitative estimate of drug-likeness (QED) is 0.439. The summed E-state index contributed by atoms with van der Waals surface area (Å²) in [6, 6.07) is 7.23. The monoisotopic (exact) mass is 635 g/mol. The van der Waals surface area contributed by atoms with Crippen LogP contribution in [0, 0.1) is 0 Å². The first-order valence-corrected chi connectivity index (χ1v) is 14.2. The number of halogens is 4. The van der Waals surface area contributed by atoms with Gasteiger partial charge in [-0.2, -0.15) is 3.71 Å². The summed E-state index contributed by atoms with van der Waals surface area (Å²) in [5.74, 6) is -1.27. The number of carboxylic acids is 1. The molecule has 0 fully saturated rings. The molecule has 0 aromatic heterocycles. The van der Waals surface area contributed by atoms with E-state index in [1.54, 1.807) is 0 Å². The minimum atomic E-state index is -4.18. The van der Waals surface area contributed by atoms with Crippen molar-refractivity contribution in [2.75, 3.05) is 16.2 Å². The molecule has 0 heterocycles. The highest BCUT2D eigenvalue weighted by molar-refractivity contribution is 9.11. The molecule has 0 saturated carbocycles. The number of alkyl halides is 1. The molecule has 1 N–H and O–H groups in total. The van der Waals surface area contributed by atoms with Crippen molar-refractivity contribution in [1.29, 1.82) is 0 Å². The lowest BCUT2D eigenvalue weighted by Gasteiger charge is -2.22. The largest absolute Gasteiger partial charge is 0.486 e. The highest BCUT2D eigenvalue weighted by atomic mass is 79.9. The van der Waals surface area contributed by atoms with Gasteiger partial charge in [0.05, 0.1) is 32.2 Å². The average Bonchev–Trinajstić information content (AvgIpc) is 2.61. The molecule has 8 nitrogen and oxygen atoms in total. The number of anilines is 1. The van der Waals surface area contributed by atoms with Crippen LogP contribution in [0.2, 0.25) is 5.02 Å². The van der Waals surface area contributed by atoms with Crippen molar-refractivity contribution in [3.05, 3.63) is 55.4 Å². The molecule has 0 aliphatic carbocycles. The Bertz CT molecular complexity index is 1200. The molecule has 0 bridgehead atoms. The molecule has 0 saturated heterocycles. The molecule has 176 valence electrons. The summed E-state index contributed by atoms with van der Waals surface area (Å²) >= 11 is 12.9. The molecule has 14 heteroatoms. The van der Waals surface area contributed by atoms with Crippen LogP contribution in [0.4, 0.5) is 10.1 Å². The molecule has 2 rings (SSSR count). The van der Waals surface area contributed by atoms with Gasteiger partial charge in [0.1, 0.15) is 12.4 Å². The van der Waals surface area contributed by atoms with E-state index in [9.17, 15) is 26.0 Å². The predicted molar refractivity (Wildman–Crippen MR) is 126 cm³/mol. The number of sulfonamides is 2. The third-order valence-corrected chi connectivity index (χ3v) is 8.81. The van der Waals surface area contributed by atoms with Gasteiger partial charge >= 0.3 is 5.97 Å². The summed E-state index contributed by atoms with van der Waals surface area (Å²) in [6.45, 7) is -0.161. The van der Waals surface area contributed by atoms with Gasteiger partial charge in [-0.25, -0.2) is 26.0 Å². The molecule has 0 aliphatic rings. The first kappa shape index (κ1) is 26.8. The van der Waals surface area contributed by atoms with E-state index in [2.05, 4.69) is 31.9 Å². The molecule has 0 amide bonds. The Labute approximate surface area is 206 Å². The average molecular weight is 638 g/mol. The lowest BCUT2D eigenvalue weighted by Crippen LogP contribution is -2.35. The second-order valence-corrected chi connectivity index (χ2v) is 12.6. The molecule has 2 aromatic carbocycles. The van der Waals surface area contributed by atoms with E-state index in [1.165, 1.54) is 30.3 Å². The third kappa shape index (κ3) is 6.56. The number of carbonyl (C=O) groups is 1. The zero-order valence-corrected chi connectivity index (χ0v) is 22.1. The van der Waals surface area contributed by atoms with E-state index in [0.29, 0.717) is 25.8 Å². The predicted octanol–water partition coefficient (Wildman–Crippen LogP) is 4.13. The second-order valence-electron chi connectivity index (χ2n) is 6.66. The number of carboxylic acid groups (broad SMARTS) is 1. The van der Waals surface area contributed by atoms with Gasteiger partial charge in [-0.3, -0.25) is 0 Å². The van der Waals surface area contributed by atoms with E-state index in [-0.39, 0.29) is 27.4 Å². The number of benzene rings is 2. The van der Waals surface area contributed by atoms with Gasteiger partial charge in [-0.15, -0.1) is 0 Å². The SMILES string of the molecule is CS(=O)(=O)N(c1cccc(COc2c(Br)cc(C[C@H](F)C(=O)O)cc2Br)c1Cl)S(C)(=O)=O. The lowest BCUT2D eigenvalue weighted by molar-refractivity contribution is -0.142. The smallest absolute Gasteiger partial charge is 0.338 e. The van der Waals surface area contributed by atoms with Crippen molar-refractivity contribution in [1.82, 2.24) is 0 Å². The summed E-state index contributed by atoms with van der Waals surface area (Å²) < 4.78 is 68.5. The summed E-state index contributed by atoms with van der Waals surface area (Å²) in [5, 5.41) is 8.59. The van der Waals surface area contributed by atoms with Crippen molar-refractivity contribution in [2.45, 2.75) is 19.2 Å². The highest BCUT2D eigenvalue weighted by Crippen LogP contribution is 2.37. The van der Waals surface area contributed by atoms with Crippen LogP contribution in [-0.4, -0.2) is 46.6 Å². The topological polar surface area (TPSA) is 118 Å². The number of nitrogens with zero attached hydrogens (tertiary/aromatic N) is 1. The fourth-order valence-electron chi connectivity index (χ4n) is 2.73. The molecule has 2 aromatic rings. The second kappa shape index (κ2) is 10.2. The Morgan fingerprint density at radius 1 is 1.16 bits per heavy atom. The van der Waals surface area contributed by atoms with Crippen molar-refractivity contribution in [3.63, 3.8) is 0 Å². The number of ether oxygens (including phenoxy) is 1. The Kier molecular flexibility index (Phi) is 8.59. The number of aliphatic carboxylic acids is 1. The lowest BCUT2D eigenvalue weighted by atomic mass is 10.1. The van der Waals surface area contributed by atoms with Gasteiger partial charge < -0.3 is 9.84 Å². The van der Waals surface area contributed by atoms with Crippen LogP contribution in [0.5, 0.6) is 5.75 Å². The van der Waals surface area contributed by atoms with Crippen LogP contribution in [0.15, 0.2) is 39.3 Å². The van der Waals surface area contributed by atoms with Gasteiger partial charge in [0.2, 0.25) is 26.2 Å². The minimum Gasteiger partial charge on any atom is -0.486 e. The van der Waals surface area contributed by atoms with Crippen LogP contribution in [0.1, 0.15) is 11.1 Å². The molecule has 1 atom stereocenters. The first-order valence-electron chi connectivity index (χ1n) is 8.58. The van der Waals surface area contributed by atoms with Gasteiger partial charge in [0.25, 0.3) is 0 Å². The Morgan fingerprint density at radius 2 is 1.69 bits per heavy atom. The normalized spacial score (nSPS) is 12.9. The van der Waals surface area contributed by atoms with E-state index >= 15 is 0 Å². The fraction of sp³-hybridized carbons (Fsp3) is 0.278. The van der Waals surface area contributed by atoms with Crippen molar-refractivity contribution < 1.29 is 35.9 Å². The summed E-state index contributed by atoms with van der Waals surface area (Å²) in [5.41, 5.74) is 0.468. The first-order chi connectivity index (χ1) is 14.6. The van der Waals surface area contributed by atoms with E-state index in [1.807, 2.05) is 0 Å². The Morgan fingerprint density at radius 3 is 2.16 bits per heavy atom. The molecular formula is C18H17Br2ClFNO7S2. The maximum Gasteiger partial charge on any atom is 0.338 e. The van der Waals surface area contributed by atoms with Gasteiger partial charge in [-0.1, -0.05) is 23.7 Å². The van der Waals surface area contributed by atoms with E-state index in [0.717, 1.165) is 12.5 Å². The number of hydrogen-bond donors (Lipinski definition) is 1. The zero-order valence-electron chi connectivity index (χ0n) is 16.6. The molecule has 0 radical (unpaired) electrons. The molecule has 0 unspecified atom stereocenters. The standard InChI is InChI=1S/C18H17Br2ClFNO7S2/c1-31(26,27)23(32(2,28)29)15-5-3-4-11(16(15)21)9-30-17-12(19)6-10(7-13(17)20)8-14(22)18(24)25/h3-7,14H,8-9H2,1-2H3,(H,24,25)/t14-/m0/s1. The van der Waals surface area contributed by atoms with Crippen LogP contribution >= 0.6 is 43.5 Å². The molecule has 0 aliphatic heterocycles. The summed E-state index contributed by atoms with van der Waals surface area (Å²) in [4.78, 5) is 10.7. The van der Waals surface area contributed by atoms with Crippen LogP contribution in [0.3, 0.4) is 0 Å². The Balaban J connectivity index is 2.34. The highest BCUT2D eigenvalue weighted by Gasteiger charge is 2.30. The zero-order chi connectivity index (χ0) is 24.4. The van der Waals surface area contributed by atoms with Gasteiger partial charge in [-0.05, 0) is 55.6 Å². The van der Waals surface area contributed by atoms with Crippen LogP contribution in [-0.2, 0) is 37.9 Å².